The smallest absolute Gasteiger partial charge is 0.220 e. The fourth-order valence-electron chi connectivity index (χ4n) is 7.72. The Morgan fingerprint density at radius 1 is 0.781 bits per heavy atom. The summed E-state index contributed by atoms with van der Waals surface area (Å²) in [6.45, 7) is 3.22. The number of amides is 2. The number of unbranched alkanes of at least 4 members (excludes halogenated alkanes) is 11. The molecule has 0 bridgehead atoms. The zero-order valence-corrected chi connectivity index (χ0v) is 38.3. The molecule has 2 aliphatic heterocycles. The molecule has 376 valence electrons. The van der Waals surface area contributed by atoms with Gasteiger partial charge in [0.05, 0.1) is 50.8 Å². The molecule has 2 fully saturated rings. The first-order valence-electron chi connectivity index (χ1n) is 23.3. The van der Waals surface area contributed by atoms with Crippen molar-refractivity contribution in [2.75, 3.05) is 26.4 Å². The van der Waals surface area contributed by atoms with Crippen molar-refractivity contribution >= 4 is 11.8 Å². The van der Waals surface area contributed by atoms with Crippen LogP contribution < -0.4 is 10.6 Å². The third-order valence-corrected chi connectivity index (χ3v) is 11.5. The molecule has 2 amide bonds. The SMILES string of the molecule is CCCCCCCC/C=C\CCCCCCCC(=O)N[C@H]1C(OC(C(O)C[C@@H](NC(C)=O)O[C@@H](C)[C@@H](CO)O[C@H](CO)OC2C(O)C[C@H](O)O[C@H]2CO)[C@@H](O)CO)O[C@H](C)C(O)C1O. The zero-order valence-electron chi connectivity index (χ0n) is 38.3. The molecule has 0 aromatic carbocycles. The van der Waals surface area contributed by atoms with E-state index in [4.69, 9.17) is 28.4 Å². The van der Waals surface area contributed by atoms with Gasteiger partial charge in [-0.2, -0.15) is 0 Å². The summed E-state index contributed by atoms with van der Waals surface area (Å²) in [6, 6.07) is -1.35. The first-order valence-corrected chi connectivity index (χ1v) is 23.3. The summed E-state index contributed by atoms with van der Waals surface area (Å²) >= 11 is 0. The van der Waals surface area contributed by atoms with E-state index < -0.39 is 143 Å². The Morgan fingerprint density at radius 2 is 1.41 bits per heavy atom. The molecular weight excluding hydrogens is 844 g/mol. The molecule has 0 saturated carbocycles. The van der Waals surface area contributed by atoms with E-state index in [9.17, 15) is 60.7 Å². The van der Waals surface area contributed by atoms with Crippen LogP contribution in [-0.2, 0) is 38.0 Å². The van der Waals surface area contributed by atoms with Crippen molar-refractivity contribution in [3.05, 3.63) is 12.2 Å². The average Bonchev–Trinajstić information content (AvgIpc) is 3.25. The van der Waals surface area contributed by atoms with Crippen molar-refractivity contribution < 1.29 is 89.1 Å². The van der Waals surface area contributed by atoms with Crippen molar-refractivity contribution in [1.29, 1.82) is 0 Å². The number of carbonyl (C=O) groups is 2. The normalized spacial score (nSPS) is 28.6. The maximum Gasteiger partial charge on any atom is 0.220 e. The van der Waals surface area contributed by atoms with Gasteiger partial charge in [-0.1, -0.05) is 70.4 Å². The minimum Gasteiger partial charge on any atom is -0.394 e. The second-order valence-corrected chi connectivity index (χ2v) is 17.0. The number of hydrogen-bond acceptors (Lipinski definition) is 18. The summed E-state index contributed by atoms with van der Waals surface area (Å²) in [5.41, 5.74) is 0. The Hall–Kier alpha value is -1.96. The Balaban J connectivity index is 2.01. The van der Waals surface area contributed by atoms with Gasteiger partial charge in [0, 0.05) is 26.2 Å². The minimum atomic E-state index is -1.76. The van der Waals surface area contributed by atoms with Gasteiger partial charge >= 0.3 is 0 Å². The van der Waals surface area contributed by atoms with Crippen LogP contribution in [0.15, 0.2) is 12.2 Å². The number of aliphatic hydroxyl groups excluding tert-OH is 10. The van der Waals surface area contributed by atoms with Crippen LogP contribution in [0, 0.1) is 0 Å². The van der Waals surface area contributed by atoms with E-state index in [2.05, 4.69) is 29.7 Å². The lowest BCUT2D eigenvalue weighted by Gasteiger charge is -2.44. The van der Waals surface area contributed by atoms with Crippen molar-refractivity contribution in [2.45, 2.75) is 229 Å². The standard InChI is InChI=1S/C44H82N2O18/c1-5-6-7-8-9-10-11-12-13-14-15-16-17-18-19-20-35(55)46-39-41(58)40(57)28(3)60-44(39)64-42(32(54)23-47)30(52)21-36(45-29(4)51)59-27(2)33(24-48)62-38(26-50)63-43-31(53)22-37(56)61-34(43)25-49/h12-13,27-28,30-34,36-44,47-50,52-54,56-58H,5-11,14-26H2,1-4H3,(H,45,51)(H,46,55)/b13-12-/t27-,28+,30?,31?,32-,33+,34-,36-,37+,38-,39+,40?,41?,42?,43?,44?/m0/s1. The molecule has 16 atom stereocenters. The maximum atomic E-state index is 13.1. The molecule has 2 rings (SSSR count). The highest BCUT2D eigenvalue weighted by atomic mass is 16.7. The number of aliphatic hydroxyl groups is 10. The first kappa shape index (κ1) is 58.2. The monoisotopic (exact) mass is 927 g/mol. The van der Waals surface area contributed by atoms with Crippen LogP contribution in [0.25, 0.3) is 0 Å². The molecule has 0 aromatic rings. The topological polar surface area (TPSA) is 316 Å². The molecule has 20 heteroatoms. The first-order chi connectivity index (χ1) is 30.6. The minimum absolute atomic E-state index is 0.118. The molecule has 0 radical (unpaired) electrons. The van der Waals surface area contributed by atoms with E-state index in [0.717, 1.165) is 38.5 Å². The summed E-state index contributed by atoms with van der Waals surface area (Å²) in [5.74, 6) is -1.06. The van der Waals surface area contributed by atoms with Gasteiger partial charge < -0.3 is 90.1 Å². The van der Waals surface area contributed by atoms with Gasteiger partial charge in [0.25, 0.3) is 0 Å². The van der Waals surface area contributed by atoms with Gasteiger partial charge in [0.15, 0.2) is 18.9 Å². The third kappa shape index (κ3) is 21.3. The molecule has 0 aromatic heterocycles. The lowest BCUT2D eigenvalue weighted by atomic mass is 9.96. The molecular formula is C44H82N2O18. The predicted molar refractivity (Wildman–Crippen MR) is 231 cm³/mol. The number of rotatable bonds is 34. The highest BCUT2D eigenvalue weighted by Gasteiger charge is 2.47. The number of ether oxygens (including phenoxy) is 6. The Kier molecular flexibility index (Phi) is 29.7. The lowest BCUT2D eigenvalue weighted by molar-refractivity contribution is -0.303. The average molecular weight is 927 g/mol. The van der Waals surface area contributed by atoms with Crippen molar-refractivity contribution in [2.24, 2.45) is 0 Å². The predicted octanol–water partition coefficient (Wildman–Crippen LogP) is -0.126. The van der Waals surface area contributed by atoms with Gasteiger partial charge in [-0.25, -0.2) is 0 Å². The Labute approximate surface area is 378 Å². The van der Waals surface area contributed by atoms with Crippen LogP contribution in [0.1, 0.15) is 130 Å². The summed E-state index contributed by atoms with van der Waals surface area (Å²) in [5, 5.41) is 109. The summed E-state index contributed by atoms with van der Waals surface area (Å²) in [4.78, 5) is 25.3. The van der Waals surface area contributed by atoms with E-state index in [1.54, 1.807) is 0 Å². The number of hydrogen-bond donors (Lipinski definition) is 12. The fraction of sp³-hybridized carbons (Fsp3) is 0.909. The third-order valence-electron chi connectivity index (χ3n) is 11.5. The molecule has 12 N–H and O–H groups in total. The van der Waals surface area contributed by atoms with Gasteiger partial charge in [0.1, 0.15) is 55.0 Å². The Morgan fingerprint density at radius 3 is 1.98 bits per heavy atom. The molecule has 0 aliphatic carbocycles. The maximum absolute atomic E-state index is 13.1. The summed E-state index contributed by atoms with van der Waals surface area (Å²) in [7, 11) is 0. The van der Waals surface area contributed by atoms with Crippen LogP contribution in [0.4, 0.5) is 0 Å². The van der Waals surface area contributed by atoms with Crippen molar-refractivity contribution in [1.82, 2.24) is 10.6 Å². The quantitative estimate of drug-likeness (QED) is 0.0227. The van der Waals surface area contributed by atoms with Crippen LogP contribution in [0.5, 0.6) is 0 Å². The largest absolute Gasteiger partial charge is 0.394 e. The van der Waals surface area contributed by atoms with Crippen molar-refractivity contribution in [3.63, 3.8) is 0 Å². The van der Waals surface area contributed by atoms with Gasteiger partial charge in [-0.15, -0.1) is 0 Å². The molecule has 2 saturated heterocycles. The highest BCUT2D eigenvalue weighted by molar-refractivity contribution is 5.76. The van der Waals surface area contributed by atoms with E-state index in [0.29, 0.717) is 6.42 Å². The van der Waals surface area contributed by atoms with E-state index in [1.807, 2.05) is 0 Å². The number of carbonyl (C=O) groups excluding carboxylic acids is 2. The zero-order chi connectivity index (χ0) is 47.6. The highest BCUT2D eigenvalue weighted by Crippen LogP contribution is 2.27. The van der Waals surface area contributed by atoms with Crippen LogP contribution >= 0.6 is 0 Å². The van der Waals surface area contributed by atoms with Crippen molar-refractivity contribution in [3.8, 4) is 0 Å². The second kappa shape index (κ2) is 32.7. The second-order valence-electron chi connectivity index (χ2n) is 17.0. The summed E-state index contributed by atoms with van der Waals surface area (Å²) < 4.78 is 34.3. The van der Waals surface area contributed by atoms with Gasteiger partial charge in [-0.3, -0.25) is 9.59 Å². The summed E-state index contributed by atoms with van der Waals surface area (Å²) in [6.07, 6.45) is -2.94. The fourth-order valence-corrected chi connectivity index (χ4v) is 7.72. The van der Waals surface area contributed by atoms with Crippen LogP contribution in [-0.4, -0.2) is 188 Å². The number of allylic oxidation sites excluding steroid dienone is 2. The van der Waals surface area contributed by atoms with Crippen LogP contribution in [0.3, 0.4) is 0 Å². The lowest BCUT2D eigenvalue weighted by Crippen LogP contribution is -2.65. The molecule has 20 nitrogen and oxygen atoms in total. The van der Waals surface area contributed by atoms with Gasteiger partial charge in [-0.05, 0) is 46.0 Å². The van der Waals surface area contributed by atoms with E-state index >= 15 is 0 Å². The van der Waals surface area contributed by atoms with E-state index in [1.165, 1.54) is 59.3 Å². The van der Waals surface area contributed by atoms with Gasteiger partial charge in [0.2, 0.25) is 11.8 Å². The number of nitrogens with one attached hydrogen (secondary N) is 2. The molecule has 2 heterocycles. The molecule has 7 unspecified atom stereocenters. The van der Waals surface area contributed by atoms with E-state index in [-0.39, 0.29) is 12.8 Å². The van der Waals surface area contributed by atoms with Crippen LogP contribution in [0.2, 0.25) is 0 Å². The molecule has 2 aliphatic rings. The molecule has 64 heavy (non-hydrogen) atoms. The molecule has 0 spiro atoms. The Bertz CT molecular complexity index is 1270.